The molecule has 1 aromatic heterocycles. The number of H-pyrrole nitrogens is 1. The first-order chi connectivity index (χ1) is 13.1. The van der Waals surface area contributed by atoms with Crippen LogP contribution in [0.2, 0.25) is 0 Å². The van der Waals surface area contributed by atoms with E-state index in [2.05, 4.69) is 52.0 Å². The highest BCUT2D eigenvalue weighted by atomic mass is 19.1. The number of aromatic nitrogens is 2. The van der Waals surface area contributed by atoms with E-state index in [1.54, 1.807) is 6.07 Å². The van der Waals surface area contributed by atoms with E-state index < -0.39 is 0 Å². The Labute approximate surface area is 159 Å². The van der Waals surface area contributed by atoms with Gasteiger partial charge in [0.05, 0.1) is 17.6 Å². The van der Waals surface area contributed by atoms with E-state index in [0.717, 1.165) is 38.4 Å². The smallest absolute Gasteiger partial charge is 0.146 e. The van der Waals surface area contributed by atoms with Gasteiger partial charge in [-0.3, -0.25) is 10.00 Å². The molecule has 0 bridgehead atoms. The third kappa shape index (κ3) is 3.74. The summed E-state index contributed by atoms with van der Waals surface area (Å²) in [5.74, 6) is -0.141. The molecule has 3 aromatic rings. The van der Waals surface area contributed by atoms with Crippen LogP contribution >= 0.6 is 0 Å². The molecule has 0 saturated carbocycles. The van der Waals surface area contributed by atoms with E-state index >= 15 is 0 Å². The van der Waals surface area contributed by atoms with E-state index in [0.29, 0.717) is 5.69 Å². The van der Waals surface area contributed by atoms with Crippen LogP contribution in [-0.2, 0) is 6.54 Å². The molecule has 0 unspecified atom stereocenters. The number of rotatable bonds is 4. The SMILES string of the molecule is Cc1ccc(-c2[nH]ncc2CN2CCN(c3ccccc3F)CC2)cc1C. The van der Waals surface area contributed by atoms with Gasteiger partial charge in [-0.1, -0.05) is 24.3 Å². The number of anilines is 1. The second kappa shape index (κ2) is 7.53. The van der Waals surface area contributed by atoms with Gasteiger partial charge in [0.15, 0.2) is 0 Å². The first kappa shape index (κ1) is 17.7. The molecule has 1 fully saturated rings. The van der Waals surface area contributed by atoms with E-state index in [9.17, 15) is 4.39 Å². The first-order valence-corrected chi connectivity index (χ1v) is 9.43. The van der Waals surface area contributed by atoms with Crippen LogP contribution in [0.4, 0.5) is 10.1 Å². The van der Waals surface area contributed by atoms with Gasteiger partial charge in [0.1, 0.15) is 5.82 Å². The Hall–Kier alpha value is -2.66. The van der Waals surface area contributed by atoms with Crippen molar-refractivity contribution in [3.05, 3.63) is 71.2 Å². The molecule has 5 heteroatoms. The van der Waals surface area contributed by atoms with Gasteiger partial charge in [-0.05, 0) is 43.2 Å². The fourth-order valence-electron chi connectivity index (χ4n) is 3.67. The highest BCUT2D eigenvalue weighted by Crippen LogP contribution is 2.26. The predicted octanol–water partition coefficient (Wildman–Crippen LogP) is 4.15. The minimum absolute atomic E-state index is 0.141. The maximum absolute atomic E-state index is 14.0. The zero-order chi connectivity index (χ0) is 18.8. The van der Waals surface area contributed by atoms with Crippen molar-refractivity contribution < 1.29 is 4.39 Å². The van der Waals surface area contributed by atoms with Crippen molar-refractivity contribution in [3.8, 4) is 11.3 Å². The number of halogens is 1. The van der Waals surface area contributed by atoms with Gasteiger partial charge in [0, 0.05) is 43.9 Å². The van der Waals surface area contributed by atoms with Crippen LogP contribution in [0.5, 0.6) is 0 Å². The number of aromatic amines is 1. The Morgan fingerprint density at radius 2 is 1.78 bits per heavy atom. The number of hydrogen-bond donors (Lipinski definition) is 1. The Morgan fingerprint density at radius 3 is 2.52 bits per heavy atom. The van der Waals surface area contributed by atoms with Gasteiger partial charge in [0.2, 0.25) is 0 Å². The van der Waals surface area contributed by atoms with Crippen molar-refractivity contribution in [2.24, 2.45) is 0 Å². The van der Waals surface area contributed by atoms with Crippen molar-refractivity contribution >= 4 is 5.69 Å². The normalized spacial score (nSPS) is 15.3. The average molecular weight is 364 g/mol. The lowest BCUT2D eigenvalue weighted by atomic mass is 10.0. The van der Waals surface area contributed by atoms with Gasteiger partial charge in [-0.25, -0.2) is 4.39 Å². The van der Waals surface area contributed by atoms with E-state index in [-0.39, 0.29) is 5.82 Å². The second-order valence-electron chi connectivity index (χ2n) is 7.28. The molecule has 0 aliphatic carbocycles. The van der Waals surface area contributed by atoms with Crippen LogP contribution in [0.25, 0.3) is 11.3 Å². The van der Waals surface area contributed by atoms with Crippen molar-refractivity contribution in [3.63, 3.8) is 0 Å². The number of nitrogens with zero attached hydrogens (tertiary/aromatic N) is 3. The molecule has 2 heterocycles. The molecule has 27 heavy (non-hydrogen) atoms. The Kier molecular flexibility index (Phi) is 4.94. The maximum atomic E-state index is 14.0. The monoisotopic (exact) mass is 364 g/mol. The summed E-state index contributed by atoms with van der Waals surface area (Å²) in [7, 11) is 0. The first-order valence-electron chi connectivity index (χ1n) is 9.43. The molecular weight excluding hydrogens is 339 g/mol. The largest absolute Gasteiger partial charge is 0.367 e. The summed E-state index contributed by atoms with van der Waals surface area (Å²) in [6, 6.07) is 13.5. The number of para-hydroxylation sites is 1. The number of hydrogen-bond acceptors (Lipinski definition) is 3. The lowest BCUT2D eigenvalue weighted by Gasteiger charge is -2.36. The van der Waals surface area contributed by atoms with Crippen LogP contribution in [0, 0.1) is 19.7 Å². The molecule has 1 aliphatic heterocycles. The molecule has 0 atom stereocenters. The zero-order valence-electron chi connectivity index (χ0n) is 15.9. The fraction of sp³-hybridized carbons (Fsp3) is 0.318. The molecule has 0 amide bonds. The van der Waals surface area contributed by atoms with Gasteiger partial charge in [-0.2, -0.15) is 5.10 Å². The molecule has 1 saturated heterocycles. The van der Waals surface area contributed by atoms with Crippen molar-refractivity contribution in [2.75, 3.05) is 31.1 Å². The number of nitrogens with one attached hydrogen (secondary N) is 1. The van der Waals surface area contributed by atoms with Crippen molar-refractivity contribution in [1.82, 2.24) is 15.1 Å². The third-order valence-electron chi connectivity index (χ3n) is 5.47. The highest BCUT2D eigenvalue weighted by Gasteiger charge is 2.20. The van der Waals surface area contributed by atoms with Crippen molar-refractivity contribution in [2.45, 2.75) is 20.4 Å². The quantitative estimate of drug-likeness (QED) is 0.755. The van der Waals surface area contributed by atoms with Crippen LogP contribution < -0.4 is 4.90 Å². The van der Waals surface area contributed by atoms with Crippen LogP contribution in [0.15, 0.2) is 48.7 Å². The summed E-state index contributed by atoms with van der Waals surface area (Å²) < 4.78 is 14.0. The molecule has 1 aliphatic rings. The van der Waals surface area contributed by atoms with Gasteiger partial charge in [0.25, 0.3) is 0 Å². The van der Waals surface area contributed by atoms with Gasteiger partial charge in [-0.15, -0.1) is 0 Å². The van der Waals surface area contributed by atoms with E-state index in [1.807, 2.05) is 18.3 Å². The summed E-state index contributed by atoms with van der Waals surface area (Å²) in [5.41, 5.74) is 6.76. The van der Waals surface area contributed by atoms with Crippen LogP contribution in [-0.4, -0.2) is 41.3 Å². The van der Waals surface area contributed by atoms with Gasteiger partial charge >= 0.3 is 0 Å². The molecule has 2 aromatic carbocycles. The van der Waals surface area contributed by atoms with Gasteiger partial charge < -0.3 is 4.90 Å². The predicted molar refractivity (Wildman–Crippen MR) is 107 cm³/mol. The summed E-state index contributed by atoms with van der Waals surface area (Å²) >= 11 is 0. The Morgan fingerprint density at radius 1 is 1.00 bits per heavy atom. The summed E-state index contributed by atoms with van der Waals surface area (Å²) in [4.78, 5) is 4.54. The topological polar surface area (TPSA) is 35.2 Å². The fourth-order valence-corrected chi connectivity index (χ4v) is 3.67. The van der Waals surface area contributed by atoms with E-state index in [4.69, 9.17) is 0 Å². The third-order valence-corrected chi connectivity index (χ3v) is 5.47. The number of aryl methyl sites for hydroxylation is 2. The average Bonchev–Trinajstić information content (AvgIpc) is 3.13. The number of benzene rings is 2. The lowest BCUT2D eigenvalue weighted by molar-refractivity contribution is 0.249. The number of piperazine rings is 1. The minimum Gasteiger partial charge on any atom is -0.367 e. The Balaban J connectivity index is 1.44. The zero-order valence-corrected chi connectivity index (χ0v) is 15.9. The van der Waals surface area contributed by atoms with Crippen LogP contribution in [0.1, 0.15) is 16.7 Å². The molecule has 140 valence electrons. The maximum Gasteiger partial charge on any atom is 0.146 e. The molecule has 4 rings (SSSR count). The molecule has 4 nitrogen and oxygen atoms in total. The summed E-state index contributed by atoms with van der Waals surface area (Å²) in [6.07, 6.45) is 1.92. The molecule has 1 N–H and O–H groups in total. The summed E-state index contributed by atoms with van der Waals surface area (Å²) in [5, 5.41) is 7.44. The lowest BCUT2D eigenvalue weighted by Crippen LogP contribution is -2.46. The Bertz CT molecular complexity index is 926. The highest BCUT2D eigenvalue weighted by molar-refractivity contribution is 5.64. The summed E-state index contributed by atoms with van der Waals surface area (Å²) in [6.45, 7) is 8.59. The standard InChI is InChI=1S/C22H25FN4/c1-16-7-8-18(13-17(16)2)22-19(14-24-25-22)15-26-9-11-27(12-10-26)21-6-4-3-5-20(21)23/h3-8,13-14H,9-12,15H2,1-2H3,(H,24,25). The molecule has 0 spiro atoms. The van der Waals surface area contributed by atoms with E-state index in [1.165, 1.54) is 28.3 Å². The molecule has 0 radical (unpaired) electrons. The van der Waals surface area contributed by atoms with Crippen LogP contribution in [0.3, 0.4) is 0 Å². The molecular formula is C22H25FN4. The second-order valence-corrected chi connectivity index (χ2v) is 7.28. The minimum atomic E-state index is -0.141. The van der Waals surface area contributed by atoms with Crippen molar-refractivity contribution in [1.29, 1.82) is 0 Å².